The zero-order valence-electron chi connectivity index (χ0n) is 15.3. The molecular formula is C21H20O6. The van der Waals surface area contributed by atoms with Crippen molar-refractivity contribution in [2.24, 2.45) is 0 Å². The molecule has 3 aromatic rings. The van der Waals surface area contributed by atoms with E-state index < -0.39 is 5.63 Å². The molecule has 6 heteroatoms. The molecule has 2 heterocycles. The topological polar surface area (TPSA) is 89.1 Å². The van der Waals surface area contributed by atoms with Crippen molar-refractivity contribution < 1.29 is 24.1 Å². The lowest BCUT2D eigenvalue weighted by molar-refractivity contribution is 0.0838. The van der Waals surface area contributed by atoms with Gasteiger partial charge in [0.1, 0.15) is 34.2 Å². The van der Waals surface area contributed by atoms with Crippen LogP contribution in [-0.2, 0) is 6.42 Å². The summed E-state index contributed by atoms with van der Waals surface area (Å²) in [6.07, 6.45) is 1.62. The summed E-state index contributed by atoms with van der Waals surface area (Å²) in [5.74, 6) is 0.955. The van der Waals surface area contributed by atoms with E-state index in [2.05, 4.69) is 0 Å². The van der Waals surface area contributed by atoms with E-state index in [0.29, 0.717) is 22.5 Å². The van der Waals surface area contributed by atoms with Gasteiger partial charge in [0.2, 0.25) is 0 Å². The van der Waals surface area contributed by atoms with Crippen molar-refractivity contribution in [3.63, 3.8) is 0 Å². The fraction of sp³-hybridized carbons (Fsp3) is 0.286. The number of methoxy groups -OCH3 is 1. The molecule has 1 aliphatic rings. The van der Waals surface area contributed by atoms with Crippen LogP contribution in [0, 0.1) is 0 Å². The first-order valence-corrected chi connectivity index (χ1v) is 8.68. The normalized spacial score (nSPS) is 15.2. The van der Waals surface area contributed by atoms with Crippen LogP contribution >= 0.6 is 0 Å². The molecule has 140 valence electrons. The highest BCUT2D eigenvalue weighted by atomic mass is 16.5. The molecule has 0 saturated carbocycles. The third kappa shape index (κ3) is 2.87. The van der Waals surface area contributed by atoms with Crippen LogP contribution in [0.4, 0.5) is 0 Å². The number of fused-ring (bicyclic) bond motifs is 2. The number of ether oxygens (including phenoxy) is 2. The first kappa shape index (κ1) is 17.3. The largest absolute Gasteiger partial charge is 0.508 e. The molecule has 6 nitrogen and oxygen atoms in total. The third-order valence-corrected chi connectivity index (χ3v) is 4.89. The fourth-order valence-corrected chi connectivity index (χ4v) is 3.52. The quantitative estimate of drug-likeness (QED) is 0.665. The summed E-state index contributed by atoms with van der Waals surface area (Å²) >= 11 is 0. The summed E-state index contributed by atoms with van der Waals surface area (Å²) < 4.78 is 17.2. The summed E-state index contributed by atoms with van der Waals surface area (Å²) in [6.45, 7) is 4.03. The van der Waals surface area contributed by atoms with E-state index in [1.807, 2.05) is 13.8 Å². The minimum atomic E-state index is -0.597. The summed E-state index contributed by atoms with van der Waals surface area (Å²) in [5.41, 5.74) is 0.856. The molecule has 0 radical (unpaired) electrons. The molecule has 0 spiro atoms. The molecule has 0 atom stereocenters. The van der Waals surface area contributed by atoms with Gasteiger partial charge < -0.3 is 24.1 Å². The Labute approximate surface area is 155 Å². The van der Waals surface area contributed by atoms with Gasteiger partial charge in [0, 0.05) is 23.3 Å². The zero-order valence-corrected chi connectivity index (χ0v) is 15.3. The lowest BCUT2D eigenvalue weighted by Crippen LogP contribution is -2.32. The summed E-state index contributed by atoms with van der Waals surface area (Å²) in [4.78, 5) is 12.5. The Morgan fingerprint density at radius 2 is 1.89 bits per heavy atom. The first-order valence-electron chi connectivity index (χ1n) is 8.68. The molecule has 0 bridgehead atoms. The minimum Gasteiger partial charge on any atom is -0.508 e. The zero-order chi connectivity index (χ0) is 19.3. The number of rotatable bonds is 2. The van der Waals surface area contributed by atoms with Gasteiger partial charge >= 0.3 is 5.63 Å². The average molecular weight is 368 g/mol. The second kappa shape index (κ2) is 5.94. The van der Waals surface area contributed by atoms with E-state index in [0.717, 1.165) is 18.4 Å². The number of aromatic hydroxyl groups is 2. The molecule has 0 fully saturated rings. The van der Waals surface area contributed by atoms with Gasteiger partial charge in [-0.2, -0.15) is 0 Å². The predicted molar refractivity (Wildman–Crippen MR) is 101 cm³/mol. The number of hydrogen-bond acceptors (Lipinski definition) is 6. The van der Waals surface area contributed by atoms with Crippen LogP contribution in [0.2, 0.25) is 0 Å². The van der Waals surface area contributed by atoms with Crippen molar-refractivity contribution in [3.8, 4) is 34.1 Å². The predicted octanol–water partition coefficient (Wildman–Crippen LogP) is 3.98. The van der Waals surface area contributed by atoms with Crippen molar-refractivity contribution in [1.29, 1.82) is 0 Å². The van der Waals surface area contributed by atoms with E-state index >= 15 is 0 Å². The third-order valence-electron chi connectivity index (χ3n) is 4.89. The van der Waals surface area contributed by atoms with Crippen LogP contribution in [0.1, 0.15) is 25.8 Å². The van der Waals surface area contributed by atoms with Gasteiger partial charge in [-0.15, -0.1) is 0 Å². The highest BCUT2D eigenvalue weighted by Crippen LogP contribution is 2.44. The van der Waals surface area contributed by atoms with Crippen molar-refractivity contribution in [2.75, 3.05) is 7.11 Å². The smallest absolute Gasteiger partial charge is 0.344 e. The molecule has 0 unspecified atom stereocenters. The maximum absolute atomic E-state index is 12.5. The van der Waals surface area contributed by atoms with Crippen LogP contribution in [0.3, 0.4) is 0 Å². The summed E-state index contributed by atoms with van der Waals surface area (Å²) in [6, 6.07) is 7.42. The standard InChI is InChI=1S/C21H20O6/c1-21(2)7-6-13-18(27-21)10-17-15(19(13)25-3)9-14(20(24)26-17)12-5-4-11(22)8-16(12)23/h4-5,8-10,22-23H,6-7H2,1-3H3. The van der Waals surface area contributed by atoms with Gasteiger partial charge in [0.25, 0.3) is 0 Å². The molecule has 27 heavy (non-hydrogen) atoms. The molecule has 0 amide bonds. The molecule has 2 aromatic carbocycles. The van der Waals surface area contributed by atoms with E-state index in [4.69, 9.17) is 13.9 Å². The van der Waals surface area contributed by atoms with Crippen molar-refractivity contribution in [1.82, 2.24) is 0 Å². The van der Waals surface area contributed by atoms with Crippen molar-refractivity contribution in [3.05, 3.63) is 46.3 Å². The SMILES string of the molecule is COc1c2c(cc3oc(=O)c(-c4ccc(O)cc4O)cc13)OC(C)(C)CC2. The number of benzene rings is 2. The molecule has 0 saturated heterocycles. The Morgan fingerprint density at radius 3 is 2.59 bits per heavy atom. The van der Waals surface area contributed by atoms with Crippen LogP contribution in [0.15, 0.2) is 39.5 Å². The van der Waals surface area contributed by atoms with Crippen LogP contribution in [0.25, 0.3) is 22.1 Å². The average Bonchev–Trinajstić information content (AvgIpc) is 2.59. The fourth-order valence-electron chi connectivity index (χ4n) is 3.52. The molecule has 4 rings (SSSR count). The maximum atomic E-state index is 12.5. The monoisotopic (exact) mass is 368 g/mol. The molecule has 2 N–H and O–H groups in total. The molecule has 0 aliphatic carbocycles. The number of hydrogen-bond donors (Lipinski definition) is 2. The first-order chi connectivity index (χ1) is 12.8. The van der Waals surface area contributed by atoms with Gasteiger partial charge in [0.15, 0.2) is 0 Å². The second-order valence-corrected chi connectivity index (χ2v) is 7.31. The van der Waals surface area contributed by atoms with Crippen LogP contribution in [0.5, 0.6) is 23.0 Å². The lowest BCUT2D eigenvalue weighted by Gasteiger charge is -2.33. The van der Waals surface area contributed by atoms with Gasteiger partial charge in [-0.1, -0.05) is 0 Å². The number of phenolic OH excluding ortho intramolecular Hbond substituents is 2. The lowest BCUT2D eigenvalue weighted by atomic mass is 9.92. The Morgan fingerprint density at radius 1 is 1.11 bits per heavy atom. The highest BCUT2D eigenvalue weighted by Gasteiger charge is 2.30. The van der Waals surface area contributed by atoms with Gasteiger partial charge in [-0.25, -0.2) is 4.79 Å². The van der Waals surface area contributed by atoms with E-state index in [1.165, 1.54) is 18.2 Å². The van der Waals surface area contributed by atoms with E-state index in [9.17, 15) is 15.0 Å². The van der Waals surface area contributed by atoms with E-state index in [1.54, 1.807) is 19.2 Å². The summed E-state index contributed by atoms with van der Waals surface area (Å²) in [5, 5.41) is 20.2. The van der Waals surface area contributed by atoms with Gasteiger partial charge in [-0.3, -0.25) is 0 Å². The maximum Gasteiger partial charge on any atom is 0.344 e. The number of phenols is 2. The van der Waals surface area contributed by atoms with Crippen molar-refractivity contribution >= 4 is 11.0 Å². The highest BCUT2D eigenvalue weighted by molar-refractivity contribution is 5.91. The Bertz CT molecular complexity index is 1110. The summed E-state index contributed by atoms with van der Waals surface area (Å²) in [7, 11) is 1.57. The van der Waals surface area contributed by atoms with Crippen LogP contribution < -0.4 is 15.1 Å². The Kier molecular flexibility index (Phi) is 3.80. The molecular weight excluding hydrogens is 348 g/mol. The second-order valence-electron chi connectivity index (χ2n) is 7.31. The van der Waals surface area contributed by atoms with Crippen molar-refractivity contribution in [2.45, 2.75) is 32.3 Å². The van der Waals surface area contributed by atoms with E-state index in [-0.39, 0.29) is 28.2 Å². The molecule has 1 aliphatic heterocycles. The van der Waals surface area contributed by atoms with Gasteiger partial charge in [0.05, 0.1) is 18.1 Å². The molecule has 1 aromatic heterocycles. The van der Waals surface area contributed by atoms with Crippen LogP contribution in [-0.4, -0.2) is 22.9 Å². The Hall–Kier alpha value is -3.15. The minimum absolute atomic E-state index is 0.0900. The Balaban J connectivity index is 1.98. The van der Waals surface area contributed by atoms with Gasteiger partial charge in [-0.05, 0) is 44.9 Å².